The van der Waals surface area contributed by atoms with Crippen molar-refractivity contribution in [2.24, 2.45) is 5.84 Å². The lowest BCUT2D eigenvalue weighted by Gasteiger charge is -2.18. The van der Waals surface area contributed by atoms with Crippen LogP contribution in [0.25, 0.3) is 0 Å². The Labute approximate surface area is 110 Å². The lowest BCUT2D eigenvalue weighted by molar-refractivity contribution is 0.482. The van der Waals surface area contributed by atoms with Gasteiger partial charge in [0.1, 0.15) is 0 Å². The fraction of sp³-hybridized carbons (Fsp3) is 0.571. The molecule has 17 heavy (non-hydrogen) atoms. The molecule has 2 nitrogen and oxygen atoms in total. The van der Waals surface area contributed by atoms with Crippen LogP contribution in [0, 0.1) is 6.92 Å². The van der Waals surface area contributed by atoms with Crippen molar-refractivity contribution in [3.8, 4) is 0 Å². The van der Waals surface area contributed by atoms with Crippen LogP contribution >= 0.6 is 11.6 Å². The lowest BCUT2D eigenvalue weighted by atomic mass is 9.99. The van der Waals surface area contributed by atoms with E-state index in [9.17, 15) is 0 Å². The summed E-state index contributed by atoms with van der Waals surface area (Å²) in [4.78, 5) is 0. The first kappa shape index (κ1) is 14.5. The molecular weight excluding hydrogens is 232 g/mol. The van der Waals surface area contributed by atoms with Crippen molar-refractivity contribution in [3.05, 3.63) is 34.3 Å². The normalized spacial score (nSPS) is 12.7. The van der Waals surface area contributed by atoms with Gasteiger partial charge in [-0.3, -0.25) is 11.3 Å². The van der Waals surface area contributed by atoms with Crippen molar-refractivity contribution in [1.29, 1.82) is 0 Å². The number of aryl methyl sites for hydroxylation is 1. The molecule has 1 aromatic rings. The molecule has 0 bridgehead atoms. The first-order chi connectivity index (χ1) is 8.19. The molecule has 0 fully saturated rings. The quantitative estimate of drug-likeness (QED) is 0.436. The second-order valence-electron chi connectivity index (χ2n) is 4.59. The topological polar surface area (TPSA) is 38.0 Å². The van der Waals surface area contributed by atoms with Gasteiger partial charge < -0.3 is 0 Å². The van der Waals surface area contributed by atoms with Crippen LogP contribution < -0.4 is 11.3 Å². The van der Waals surface area contributed by atoms with Crippen LogP contribution in [0.5, 0.6) is 0 Å². The Balaban J connectivity index is 2.59. The van der Waals surface area contributed by atoms with Crippen LogP contribution in [0.1, 0.15) is 56.2 Å². The van der Waals surface area contributed by atoms with Gasteiger partial charge in [-0.05, 0) is 30.5 Å². The SMILES string of the molecule is CCCCCCC(NN)c1ccc(C)cc1Cl. The smallest absolute Gasteiger partial charge is 0.0474 e. The molecule has 0 saturated carbocycles. The van der Waals surface area contributed by atoms with Gasteiger partial charge in [0.15, 0.2) is 0 Å². The molecule has 0 spiro atoms. The maximum absolute atomic E-state index is 6.25. The molecule has 1 unspecified atom stereocenters. The number of nitrogens with two attached hydrogens (primary N) is 1. The minimum Gasteiger partial charge on any atom is -0.271 e. The van der Waals surface area contributed by atoms with E-state index in [1.807, 2.05) is 13.0 Å². The van der Waals surface area contributed by atoms with Gasteiger partial charge in [-0.15, -0.1) is 0 Å². The average Bonchev–Trinajstić information content (AvgIpc) is 2.31. The molecular formula is C14H23ClN2. The van der Waals surface area contributed by atoms with E-state index >= 15 is 0 Å². The molecule has 0 saturated heterocycles. The first-order valence-corrected chi connectivity index (χ1v) is 6.79. The summed E-state index contributed by atoms with van der Waals surface area (Å²) in [5.41, 5.74) is 5.16. The van der Waals surface area contributed by atoms with Crippen molar-refractivity contribution >= 4 is 11.6 Å². The number of hydrogen-bond acceptors (Lipinski definition) is 2. The summed E-state index contributed by atoms with van der Waals surface area (Å²) in [6.07, 6.45) is 6.04. The van der Waals surface area contributed by atoms with Gasteiger partial charge in [-0.1, -0.05) is 56.3 Å². The number of halogens is 1. The van der Waals surface area contributed by atoms with Gasteiger partial charge in [-0.2, -0.15) is 0 Å². The molecule has 0 heterocycles. The summed E-state index contributed by atoms with van der Waals surface area (Å²) >= 11 is 6.25. The van der Waals surface area contributed by atoms with E-state index in [1.165, 1.54) is 31.2 Å². The summed E-state index contributed by atoms with van der Waals surface area (Å²) in [5.74, 6) is 5.62. The summed E-state index contributed by atoms with van der Waals surface area (Å²) in [5, 5.41) is 0.809. The van der Waals surface area contributed by atoms with Crippen molar-refractivity contribution in [2.75, 3.05) is 0 Å². The second kappa shape index (κ2) is 7.70. The molecule has 0 amide bonds. The Kier molecular flexibility index (Phi) is 6.56. The van der Waals surface area contributed by atoms with E-state index in [2.05, 4.69) is 24.5 Å². The number of nitrogens with one attached hydrogen (secondary N) is 1. The molecule has 0 aromatic heterocycles. The third-order valence-electron chi connectivity index (χ3n) is 3.08. The first-order valence-electron chi connectivity index (χ1n) is 6.41. The standard InChI is InChI=1S/C14H23ClN2/c1-3-4-5-6-7-14(17-16)12-9-8-11(2)10-13(12)15/h8-10,14,17H,3-7,16H2,1-2H3. The van der Waals surface area contributed by atoms with Crippen LogP contribution in [0.15, 0.2) is 18.2 Å². The molecule has 3 N–H and O–H groups in total. The molecule has 96 valence electrons. The Morgan fingerprint density at radius 3 is 2.65 bits per heavy atom. The monoisotopic (exact) mass is 254 g/mol. The second-order valence-corrected chi connectivity index (χ2v) is 5.00. The highest BCUT2D eigenvalue weighted by Crippen LogP contribution is 2.27. The predicted octanol–water partition coefficient (Wildman–Crippen LogP) is 4.12. The highest BCUT2D eigenvalue weighted by atomic mass is 35.5. The van der Waals surface area contributed by atoms with Crippen molar-refractivity contribution in [1.82, 2.24) is 5.43 Å². The Hall–Kier alpha value is -0.570. The van der Waals surface area contributed by atoms with Crippen molar-refractivity contribution < 1.29 is 0 Å². The van der Waals surface area contributed by atoms with Crippen LogP contribution in [0.2, 0.25) is 5.02 Å². The highest BCUT2D eigenvalue weighted by molar-refractivity contribution is 6.31. The molecule has 3 heteroatoms. The zero-order valence-electron chi connectivity index (χ0n) is 10.8. The summed E-state index contributed by atoms with van der Waals surface area (Å²) < 4.78 is 0. The number of rotatable bonds is 7. The van der Waals surface area contributed by atoms with E-state index in [0.29, 0.717) is 0 Å². The summed E-state index contributed by atoms with van der Waals surface area (Å²) in [6, 6.07) is 6.31. The van der Waals surface area contributed by atoms with E-state index in [1.54, 1.807) is 0 Å². The number of hydrogen-bond donors (Lipinski definition) is 2. The lowest BCUT2D eigenvalue weighted by Crippen LogP contribution is -2.28. The zero-order chi connectivity index (χ0) is 12.7. The van der Waals surface area contributed by atoms with E-state index in [0.717, 1.165) is 17.0 Å². The number of hydrazine groups is 1. The largest absolute Gasteiger partial charge is 0.271 e. The van der Waals surface area contributed by atoms with Crippen LogP contribution in [-0.4, -0.2) is 0 Å². The maximum atomic E-state index is 6.25. The minimum absolute atomic E-state index is 0.167. The van der Waals surface area contributed by atoms with Gasteiger partial charge in [-0.25, -0.2) is 0 Å². The van der Waals surface area contributed by atoms with Crippen molar-refractivity contribution in [2.45, 2.75) is 52.0 Å². The van der Waals surface area contributed by atoms with Crippen LogP contribution in [-0.2, 0) is 0 Å². The zero-order valence-corrected chi connectivity index (χ0v) is 11.6. The Bertz CT molecular complexity index is 339. The van der Waals surface area contributed by atoms with Gasteiger partial charge in [0.05, 0.1) is 0 Å². The average molecular weight is 255 g/mol. The molecule has 0 radical (unpaired) electrons. The van der Waals surface area contributed by atoms with Crippen molar-refractivity contribution in [3.63, 3.8) is 0 Å². The summed E-state index contributed by atoms with van der Waals surface area (Å²) in [7, 11) is 0. The molecule has 0 aliphatic rings. The molecule has 1 rings (SSSR count). The van der Waals surface area contributed by atoms with Gasteiger partial charge in [0.2, 0.25) is 0 Å². The molecule has 0 aliphatic heterocycles. The fourth-order valence-electron chi connectivity index (χ4n) is 2.02. The van der Waals surface area contributed by atoms with Crippen LogP contribution in [0.4, 0.5) is 0 Å². The Morgan fingerprint density at radius 1 is 1.29 bits per heavy atom. The maximum Gasteiger partial charge on any atom is 0.0474 e. The Morgan fingerprint density at radius 2 is 2.06 bits per heavy atom. The molecule has 1 atom stereocenters. The third-order valence-corrected chi connectivity index (χ3v) is 3.41. The van der Waals surface area contributed by atoms with Gasteiger partial charge in [0, 0.05) is 11.1 Å². The van der Waals surface area contributed by atoms with E-state index in [4.69, 9.17) is 17.4 Å². The van der Waals surface area contributed by atoms with Crippen LogP contribution in [0.3, 0.4) is 0 Å². The van der Waals surface area contributed by atoms with E-state index in [-0.39, 0.29) is 6.04 Å². The third kappa shape index (κ3) is 4.66. The highest BCUT2D eigenvalue weighted by Gasteiger charge is 2.12. The fourth-order valence-corrected chi connectivity index (χ4v) is 2.39. The molecule has 1 aromatic carbocycles. The van der Waals surface area contributed by atoms with Gasteiger partial charge >= 0.3 is 0 Å². The van der Waals surface area contributed by atoms with Gasteiger partial charge in [0.25, 0.3) is 0 Å². The number of unbranched alkanes of at least 4 members (excludes halogenated alkanes) is 3. The molecule has 0 aliphatic carbocycles. The summed E-state index contributed by atoms with van der Waals surface area (Å²) in [6.45, 7) is 4.26. The minimum atomic E-state index is 0.167. The van der Waals surface area contributed by atoms with E-state index < -0.39 is 0 Å². The predicted molar refractivity (Wildman–Crippen MR) is 75.0 cm³/mol. The number of benzene rings is 1.